The van der Waals surface area contributed by atoms with E-state index in [4.69, 9.17) is 4.74 Å². The maximum absolute atomic E-state index is 12.9. The molecule has 3 aliphatic rings. The molecule has 2 fully saturated rings. The predicted molar refractivity (Wildman–Crippen MR) is 146 cm³/mol. The van der Waals surface area contributed by atoms with Gasteiger partial charge in [-0.05, 0) is 42.9 Å². The lowest BCUT2D eigenvalue weighted by Crippen LogP contribution is -2.57. The van der Waals surface area contributed by atoms with E-state index in [-0.39, 0.29) is 29.9 Å². The Morgan fingerprint density at radius 1 is 1.18 bits per heavy atom. The lowest BCUT2D eigenvalue weighted by atomic mass is 9.72. The number of ketones is 1. The van der Waals surface area contributed by atoms with E-state index in [2.05, 4.69) is 41.1 Å². The number of rotatable bonds is 11. The van der Waals surface area contributed by atoms with Gasteiger partial charge in [-0.1, -0.05) is 49.4 Å². The highest BCUT2D eigenvalue weighted by molar-refractivity contribution is 5.84. The molecule has 8 nitrogen and oxygen atoms in total. The Hall–Kier alpha value is -2.78. The summed E-state index contributed by atoms with van der Waals surface area (Å²) in [4.78, 5) is 26.3. The average Bonchev–Trinajstić information content (AvgIpc) is 3.32. The Balaban J connectivity index is 1.25. The van der Waals surface area contributed by atoms with Gasteiger partial charge in [0.15, 0.2) is 0 Å². The number of hydrogen-bond acceptors (Lipinski definition) is 7. The first-order valence-corrected chi connectivity index (χ1v) is 14.0. The summed E-state index contributed by atoms with van der Waals surface area (Å²) in [5, 5.41) is 21.2. The van der Waals surface area contributed by atoms with Crippen molar-refractivity contribution >= 4 is 11.7 Å². The molecule has 2 aromatic carbocycles. The van der Waals surface area contributed by atoms with E-state index < -0.39 is 12.3 Å². The van der Waals surface area contributed by atoms with Gasteiger partial charge in [0, 0.05) is 44.1 Å². The monoisotopic (exact) mass is 520 g/mol. The minimum atomic E-state index is -0.860. The summed E-state index contributed by atoms with van der Waals surface area (Å²) in [6.45, 7) is 4.02. The Kier molecular flexibility index (Phi) is 8.43. The topological polar surface area (TPSA) is 103 Å². The van der Waals surface area contributed by atoms with Crippen LogP contribution in [0.25, 0.3) is 0 Å². The average molecular weight is 521 g/mol. The molecule has 2 aliphatic heterocycles. The lowest BCUT2D eigenvalue weighted by Gasteiger charge is -2.48. The highest BCUT2D eigenvalue weighted by Crippen LogP contribution is 2.49. The van der Waals surface area contributed by atoms with Crippen LogP contribution < -0.4 is 20.7 Å². The van der Waals surface area contributed by atoms with Crippen LogP contribution in [0.1, 0.15) is 61.8 Å². The first-order chi connectivity index (χ1) is 18.4. The molecule has 0 radical (unpaired) electrons. The van der Waals surface area contributed by atoms with Crippen LogP contribution in [-0.2, 0) is 22.6 Å². The third kappa shape index (κ3) is 6.43. The summed E-state index contributed by atoms with van der Waals surface area (Å²) in [6, 6.07) is 16.4. The van der Waals surface area contributed by atoms with Gasteiger partial charge in [0.1, 0.15) is 23.3 Å². The zero-order valence-corrected chi connectivity index (χ0v) is 22.2. The van der Waals surface area contributed by atoms with Crippen molar-refractivity contribution in [3.8, 4) is 5.75 Å². The van der Waals surface area contributed by atoms with E-state index >= 15 is 0 Å². The first-order valence-electron chi connectivity index (χ1n) is 14.0. The maximum Gasteiger partial charge on any atom is 0.235 e. The predicted octanol–water partition coefficient (Wildman–Crippen LogP) is 2.45. The van der Waals surface area contributed by atoms with Crippen molar-refractivity contribution < 1.29 is 19.4 Å². The molecule has 0 unspecified atom stereocenters. The number of Topliss-reactive ketones (excluding diaryl/α,β-unsaturated/α-hetero) is 1. The molecular weight excluding hydrogens is 480 g/mol. The number of amides is 1. The second-order valence-corrected chi connectivity index (χ2v) is 11.0. The van der Waals surface area contributed by atoms with Gasteiger partial charge < -0.3 is 20.5 Å². The van der Waals surface area contributed by atoms with E-state index in [0.29, 0.717) is 32.6 Å². The fourth-order valence-corrected chi connectivity index (χ4v) is 5.73. The molecule has 3 atom stereocenters. The smallest absolute Gasteiger partial charge is 0.235 e. The van der Waals surface area contributed by atoms with Gasteiger partial charge in [-0.3, -0.25) is 19.8 Å². The van der Waals surface area contributed by atoms with Crippen molar-refractivity contribution in [2.45, 2.75) is 75.9 Å². The number of nitrogens with zero attached hydrogens (tertiary/aromatic N) is 1. The number of hydrogen-bond donors (Lipinski definition) is 4. The summed E-state index contributed by atoms with van der Waals surface area (Å²) in [6.07, 6.45) is 4.10. The zero-order chi connectivity index (χ0) is 26.5. The van der Waals surface area contributed by atoms with Gasteiger partial charge in [0.05, 0.1) is 19.2 Å². The van der Waals surface area contributed by atoms with Crippen molar-refractivity contribution in [1.29, 1.82) is 0 Å². The van der Waals surface area contributed by atoms with Crippen LogP contribution in [0.5, 0.6) is 5.75 Å². The summed E-state index contributed by atoms with van der Waals surface area (Å²) < 4.78 is 6.45. The molecule has 0 bridgehead atoms. The molecule has 1 spiro atoms. The molecule has 38 heavy (non-hydrogen) atoms. The van der Waals surface area contributed by atoms with Crippen molar-refractivity contribution in [2.24, 2.45) is 0 Å². The minimum absolute atomic E-state index is 0.0706. The van der Waals surface area contributed by atoms with Gasteiger partial charge in [0.25, 0.3) is 0 Å². The number of aryl methyl sites for hydroxylation is 1. The number of carbonyl (C=O) groups excluding carboxylic acids is 2. The van der Waals surface area contributed by atoms with Gasteiger partial charge in [-0.15, -0.1) is 0 Å². The number of nitrogens with one attached hydrogen (secondary N) is 3. The fraction of sp³-hybridized carbons (Fsp3) is 0.533. The molecule has 4 N–H and O–H groups in total. The summed E-state index contributed by atoms with van der Waals surface area (Å²) in [5.74, 6) is 0.891. The molecular formula is C30H40N4O4. The zero-order valence-electron chi connectivity index (χ0n) is 22.2. The molecule has 2 aromatic rings. The standard InChI is InChI=1S/C30H40N4O4/c1-2-21-9-10-27-24(15-21)25(16-30(38-27)12-6-13-30)31-18-26(36)29(32-17-22-7-4-3-5-8-22)33-28(37)20-34-14-11-23(35)19-34/h3-5,7-10,15,25-26,29,31-32,36H,2,6,11-14,16-20H2,1H3,(H,33,37)/t25-,26+,29+/m0/s1. The van der Waals surface area contributed by atoms with Gasteiger partial charge in [-0.25, -0.2) is 0 Å². The van der Waals surface area contributed by atoms with Gasteiger partial charge >= 0.3 is 0 Å². The third-order valence-electron chi connectivity index (χ3n) is 8.14. The lowest BCUT2D eigenvalue weighted by molar-refractivity contribution is -0.124. The number of carbonyl (C=O) groups is 2. The number of aliphatic hydroxyl groups is 1. The highest BCUT2D eigenvalue weighted by Gasteiger charge is 2.45. The van der Waals surface area contributed by atoms with Crippen LogP contribution in [0, 0.1) is 0 Å². The Morgan fingerprint density at radius 2 is 2.00 bits per heavy atom. The van der Waals surface area contributed by atoms with Crippen molar-refractivity contribution in [1.82, 2.24) is 20.9 Å². The molecule has 5 rings (SSSR count). The van der Waals surface area contributed by atoms with E-state index in [0.717, 1.165) is 42.6 Å². The third-order valence-corrected chi connectivity index (χ3v) is 8.14. The van der Waals surface area contributed by atoms with Crippen molar-refractivity contribution in [3.05, 3.63) is 65.2 Å². The Morgan fingerprint density at radius 3 is 2.68 bits per heavy atom. The van der Waals surface area contributed by atoms with Gasteiger partial charge in [-0.2, -0.15) is 0 Å². The Bertz CT molecular complexity index is 1120. The summed E-state index contributed by atoms with van der Waals surface area (Å²) in [7, 11) is 0. The Labute approximate surface area is 225 Å². The highest BCUT2D eigenvalue weighted by atomic mass is 16.5. The van der Waals surface area contributed by atoms with E-state index in [1.54, 1.807) is 0 Å². The molecule has 1 amide bonds. The van der Waals surface area contributed by atoms with E-state index in [1.165, 1.54) is 12.0 Å². The van der Waals surface area contributed by atoms with E-state index in [9.17, 15) is 14.7 Å². The van der Waals surface area contributed by atoms with E-state index in [1.807, 2.05) is 35.2 Å². The van der Waals surface area contributed by atoms with Crippen molar-refractivity contribution in [2.75, 3.05) is 26.2 Å². The van der Waals surface area contributed by atoms with Crippen LogP contribution in [0.3, 0.4) is 0 Å². The normalized spacial score (nSPS) is 21.8. The number of fused-ring (bicyclic) bond motifs is 1. The van der Waals surface area contributed by atoms with Gasteiger partial charge in [0.2, 0.25) is 5.91 Å². The maximum atomic E-state index is 12.9. The number of likely N-dealkylation sites (tertiary alicyclic amines) is 1. The van der Waals surface area contributed by atoms with Crippen LogP contribution in [0.15, 0.2) is 48.5 Å². The number of ether oxygens (including phenoxy) is 1. The largest absolute Gasteiger partial charge is 0.487 e. The molecule has 1 aliphatic carbocycles. The van der Waals surface area contributed by atoms with Crippen LogP contribution >= 0.6 is 0 Å². The molecule has 1 saturated carbocycles. The minimum Gasteiger partial charge on any atom is -0.487 e. The molecule has 0 aromatic heterocycles. The summed E-state index contributed by atoms with van der Waals surface area (Å²) >= 11 is 0. The number of benzene rings is 2. The number of aliphatic hydroxyl groups excluding tert-OH is 1. The van der Waals surface area contributed by atoms with Crippen molar-refractivity contribution in [3.63, 3.8) is 0 Å². The van der Waals surface area contributed by atoms with Crippen LogP contribution in [0.4, 0.5) is 0 Å². The first kappa shape index (κ1) is 26.8. The second-order valence-electron chi connectivity index (χ2n) is 11.0. The SMILES string of the molecule is CCc1ccc2c(c1)[C@@H](NC[C@@H](O)[C@H](NCc1ccccc1)NC(=O)CN1CCC(=O)C1)CC1(CCC1)O2. The molecule has 204 valence electrons. The molecule has 8 heteroatoms. The van der Waals surface area contributed by atoms with Crippen LogP contribution in [-0.4, -0.2) is 65.7 Å². The molecule has 2 heterocycles. The fourth-order valence-electron chi connectivity index (χ4n) is 5.73. The van der Waals surface area contributed by atoms with Crippen LogP contribution in [0.2, 0.25) is 0 Å². The second kappa shape index (κ2) is 11.9. The summed E-state index contributed by atoms with van der Waals surface area (Å²) in [5.41, 5.74) is 3.36. The molecule has 1 saturated heterocycles. The quantitative estimate of drug-likeness (QED) is 0.338.